The van der Waals surface area contributed by atoms with E-state index in [2.05, 4.69) is 4.99 Å². The third-order valence-corrected chi connectivity index (χ3v) is 5.82. The number of carbonyl (C=O) groups excluding carboxylic acids is 2. The highest BCUT2D eigenvalue weighted by molar-refractivity contribution is 5.92. The molecule has 10 heteroatoms. The molecule has 0 spiro atoms. The number of carbonyl (C=O) groups is 2. The Hall–Kier alpha value is -4.73. The van der Waals surface area contributed by atoms with Gasteiger partial charge in [0.05, 0.1) is 5.92 Å². The second-order valence-electron chi connectivity index (χ2n) is 8.40. The molecule has 0 fully saturated rings. The van der Waals surface area contributed by atoms with Crippen molar-refractivity contribution in [2.24, 2.45) is 16.5 Å². The first-order valence-electron chi connectivity index (χ1n) is 11.8. The molecule has 0 aliphatic heterocycles. The third kappa shape index (κ3) is 7.89. The topological polar surface area (TPSA) is 157 Å². The van der Waals surface area contributed by atoms with Gasteiger partial charge in [0, 0.05) is 13.1 Å². The number of nitrogens with one attached hydrogen (secondary N) is 1. The minimum Gasteiger partial charge on any atom is -0.368 e. The van der Waals surface area contributed by atoms with Gasteiger partial charge in [-0.05, 0) is 29.5 Å². The van der Waals surface area contributed by atoms with E-state index in [1.165, 1.54) is 4.90 Å². The Morgan fingerprint density at radius 2 is 1.41 bits per heavy atom. The largest absolute Gasteiger partial charge is 0.368 e. The maximum absolute atomic E-state index is 14.2. The molecule has 3 aromatic rings. The van der Waals surface area contributed by atoms with Gasteiger partial charge in [0.15, 0.2) is 5.03 Å². The van der Waals surface area contributed by atoms with Crippen LogP contribution < -0.4 is 16.9 Å². The zero-order valence-corrected chi connectivity index (χ0v) is 20.3. The van der Waals surface area contributed by atoms with Gasteiger partial charge in [-0.15, -0.1) is 0 Å². The summed E-state index contributed by atoms with van der Waals surface area (Å²) >= 11 is 0. The van der Waals surface area contributed by atoms with Crippen molar-refractivity contribution in [3.05, 3.63) is 118 Å². The molecule has 0 saturated heterocycles. The zero-order valence-electron chi connectivity index (χ0n) is 20.3. The monoisotopic (exact) mass is 502 g/mol. The smallest absolute Gasteiger partial charge is 0.251 e. The maximum atomic E-state index is 14.2. The Labute approximate surface area is 215 Å². The summed E-state index contributed by atoms with van der Waals surface area (Å²) in [4.78, 5) is 42.8. The number of amides is 2. The molecule has 192 valence electrons. The van der Waals surface area contributed by atoms with Crippen LogP contribution in [0, 0.1) is 10.1 Å². The molecule has 5 N–H and O–H groups in total. The molecule has 0 saturated carbocycles. The molecule has 0 aliphatic rings. The van der Waals surface area contributed by atoms with Gasteiger partial charge in [-0.25, -0.2) is 15.1 Å². The molecule has 0 aliphatic carbocycles. The van der Waals surface area contributed by atoms with Crippen molar-refractivity contribution in [2.75, 3.05) is 6.54 Å². The Kier molecular flexibility index (Phi) is 9.72. The zero-order chi connectivity index (χ0) is 26.6. The first-order valence-corrected chi connectivity index (χ1v) is 11.8. The van der Waals surface area contributed by atoms with Crippen LogP contribution in [0.3, 0.4) is 0 Å². The number of hydrogen-bond donors (Lipinski definition) is 3. The lowest BCUT2D eigenvalue weighted by atomic mass is 9.89. The molecule has 2 amide bonds. The molecular weight excluding hydrogens is 472 g/mol. The summed E-state index contributed by atoms with van der Waals surface area (Å²) in [5, 5.41) is 9.70. The normalized spacial score (nSPS) is 12.1. The van der Waals surface area contributed by atoms with Crippen LogP contribution in [0.15, 0.2) is 96.0 Å². The number of nitro groups is 1. The van der Waals surface area contributed by atoms with Crippen LogP contribution in [0.2, 0.25) is 0 Å². The van der Waals surface area contributed by atoms with E-state index in [1.807, 2.05) is 91.0 Å². The SMILES string of the molecule is NC(=O)[C@@H](CCCN=C(N)N[N+](=O)[O-])N(Cc1ccccc1)C(=O)C(c1ccccc1)c1ccccc1. The summed E-state index contributed by atoms with van der Waals surface area (Å²) in [6.07, 6.45) is 0.535. The lowest BCUT2D eigenvalue weighted by Crippen LogP contribution is -2.49. The predicted octanol–water partition coefficient (Wildman–Crippen LogP) is 2.58. The second kappa shape index (κ2) is 13.4. The molecule has 3 rings (SSSR count). The van der Waals surface area contributed by atoms with E-state index in [-0.39, 0.29) is 31.4 Å². The van der Waals surface area contributed by atoms with E-state index in [1.54, 1.807) is 5.43 Å². The Morgan fingerprint density at radius 3 is 1.89 bits per heavy atom. The number of benzene rings is 3. The average molecular weight is 503 g/mol. The molecule has 0 radical (unpaired) electrons. The van der Waals surface area contributed by atoms with E-state index in [9.17, 15) is 19.7 Å². The van der Waals surface area contributed by atoms with Crippen molar-refractivity contribution in [3.63, 3.8) is 0 Å². The number of nitrogens with two attached hydrogens (primary N) is 2. The van der Waals surface area contributed by atoms with Gasteiger partial charge in [-0.1, -0.05) is 96.4 Å². The molecule has 1 atom stereocenters. The fourth-order valence-electron chi connectivity index (χ4n) is 4.12. The number of primary amides is 1. The molecule has 0 bridgehead atoms. The van der Waals surface area contributed by atoms with Crippen molar-refractivity contribution >= 4 is 17.8 Å². The summed E-state index contributed by atoms with van der Waals surface area (Å²) < 4.78 is 0. The molecular formula is C27H30N6O4. The fraction of sp³-hybridized carbons (Fsp3) is 0.222. The van der Waals surface area contributed by atoms with E-state index in [0.717, 1.165) is 16.7 Å². The van der Waals surface area contributed by atoms with Crippen LogP contribution in [0.1, 0.15) is 35.4 Å². The van der Waals surface area contributed by atoms with Gasteiger partial charge in [0.1, 0.15) is 6.04 Å². The van der Waals surface area contributed by atoms with E-state index < -0.39 is 22.9 Å². The Bertz CT molecular complexity index is 1170. The quantitative estimate of drug-likeness (QED) is 0.114. The minimum atomic E-state index is -0.928. The standard InChI is InChI=1S/C27H30N6O4/c28-25(34)23(17-10-18-30-27(29)31-33(36)37)32(19-20-11-4-1-5-12-20)26(35)24(21-13-6-2-7-14-21)22-15-8-3-9-16-22/h1-9,11-16,23-24H,10,17-19H2,(H2,28,34)(H3,29,30,31)/t23-/m1/s1. The molecule has 3 aromatic carbocycles. The Morgan fingerprint density at radius 1 is 0.892 bits per heavy atom. The first kappa shape index (κ1) is 26.9. The van der Waals surface area contributed by atoms with Crippen molar-refractivity contribution < 1.29 is 14.6 Å². The minimum absolute atomic E-state index is 0.116. The highest BCUT2D eigenvalue weighted by Crippen LogP contribution is 2.29. The fourth-order valence-corrected chi connectivity index (χ4v) is 4.12. The number of hydrogen-bond acceptors (Lipinski definition) is 5. The summed E-state index contributed by atoms with van der Waals surface area (Å²) in [5.41, 5.74) is 15.5. The second-order valence-corrected chi connectivity index (χ2v) is 8.40. The molecule has 0 aromatic heterocycles. The van der Waals surface area contributed by atoms with E-state index in [0.29, 0.717) is 6.42 Å². The molecule has 37 heavy (non-hydrogen) atoms. The molecule has 0 heterocycles. The number of nitrogens with zero attached hydrogens (tertiary/aromatic N) is 3. The highest BCUT2D eigenvalue weighted by atomic mass is 16.7. The van der Waals surface area contributed by atoms with Crippen LogP contribution in [0.25, 0.3) is 0 Å². The molecule has 10 nitrogen and oxygen atoms in total. The first-order chi connectivity index (χ1) is 17.9. The van der Waals surface area contributed by atoms with Crippen LogP contribution in [-0.4, -0.2) is 40.3 Å². The van der Waals surface area contributed by atoms with Gasteiger partial charge in [-0.3, -0.25) is 9.59 Å². The number of rotatable bonds is 12. The summed E-state index contributed by atoms with van der Waals surface area (Å²) in [5.74, 6) is -1.90. The van der Waals surface area contributed by atoms with Crippen LogP contribution in [0.5, 0.6) is 0 Å². The van der Waals surface area contributed by atoms with Crippen molar-refractivity contribution in [2.45, 2.75) is 31.3 Å². The third-order valence-electron chi connectivity index (χ3n) is 5.82. The van der Waals surface area contributed by atoms with Crippen molar-refractivity contribution in [3.8, 4) is 0 Å². The summed E-state index contributed by atoms with van der Waals surface area (Å²) in [7, 11) is 0. The van der Waals surface area contributed by atoms with Crippen molar-refractivity contribution in [1.82, 2.24) is 10.3 Å². The van der Waals surface area contributed by atoms with E-state index in [4.69, 9.17) is 11.5 Å². The van der Waals surface area contributed by atoms with Crippen LogP contribution >= 0.6 is 0 Å². The van der Waals surface area contributed by atoms with Gasteiger partial charge in [-0.2, -0.15) is 0 Å². The van der Waals surface area contributed by atoms with Gasteiger partial charge >= 0.3 is 0 Å². The predicted molar refractivity (Wildman–Crippen MR) is 141 cm³/mol. The lowest BCUT2D eigenvalue weighted by Gasteiger charge is -2.33. The van der Waals surface area contributed by atoms with Gasteiger partial charge in [0.25, 0.3) is 5.96 Å². The average Bonchev–Trinajstić information content (AvgIpc) is 2.89. The van der Waals surface area contributed by atoms with Crippen LogP contribution in [-0.2, 0) is 16.1 Å². The molecule has 0 unspecified atom stereocenters. The van der Waals surface area contributed by atoms with Gasteiger partial charge in [0.2, 0.25) is 11.8 Å². The summed E-state index contributed by atoms with van der Waals surface area (Å²) in [6, 6.07) is 27.2. The maximum Gasteiger partial charge on any atom is 0.251 e. The summed E-state index contributed by atoms with van der Waals surface area (Å²) in [6.45, 7) is 0.294. The lowest BCUT2D eigenvalue weighted by molar-refractivity contribution is -0.525. The number of aliphatic imine (C=N–C) groups is 1. The van der Waals surface area contributed by atoms with E-state index >= 15 is 0 Å². The Balaban J connectivity index is 1.94. The van der Waals surface area contributed by atoms with Gasteiger partial charge < -0.3 is 16.4 Å². The van der Waals surface area contributed by atoms with Crippen LogP contribution in [0.4, 0.5) is 0 Å². The highest BCUT2D eigenvalue weighted by Gasteiger charge is 2.34. The number of hydrazine groups is 1. The van der Waals surface area contributed by atoms with Crippen molar-refractivity contribution in [1.29, 1.82) is 0 Å². The number of guanidine groups is 1.